The van der Waals surface area contributed by atoms with Crippen LogP contribution in [0.1, 0.15) is 5.56 Å². The molecular weight excluding hydrogens is 355 g/mol. The van der Waals surface area contributed by atoms with Crippen LogP contribution in [0.4, 0.5) is 10.1 Å². The summed E-state index contributed by atoms with van der Waals surface area (Å²) in [5.41, 5.74) is 1.73. The van der Waals surface area contributed by atoms with E-state index in [9.17, 15) is 9.18 Å². The van der Waals surface area contributed by atoms with E-state index >= 15 is 0 Å². The van der Waals surface area contributed by atoms with Gasteiger partial charge in [-0.05, 0) is 48.5 Å². The lowest BCUT2D eigenvalue weighted by Gasteiger charge is -2.35. The number of rotatable bonds is 4. The molecule has 0 unspecified atom stereocenters. The van der Waals surface area contributed by atoms with Crippen LogP contribution in [0, 0.1) is 5.82 Å². The lowest BCUT2D eigenvalue weighted by molar-refractivity contribution is -0.126. The number of ether oxygens (including phenoxy) is 1. The predicted octanol–water partition coefficient (Wildman–Crippen LogP) is 3.85. The van der Waals surface area contributed by atoms with Gasteiger partial charge in [-0.2, -0.15) is 0 Å². The number of carbonyl (C=O) groups excluding carboxylic acids is 1. The highest BCUT2D eigenvalue weighted by atomic mass is 35.5. The van der Waals surface area contributed by atoms with Crippen LogP contribution >= 0.6 is 11.6 Å². The normalized spacial score (nSPS) is 14.7. The molecule has 4 nitrogen and oxygen atoms in total. The van der Waals surface area contributed by atoms with Gasteiger partial charge in [0.25, 0.3) is 0 Å². The minimum absolute atomic E-state index is 0.0502. The molecule has 136 valence electrons. The zero-order valence-corrected chi connectivity index (χ0v) is 15.2. The second kappa shape index (κ2) is 8.23. The first-order valence-corrected chi connectivity index (χ1v) is 8.75. The number of hydrogen-bond acceptors (Lipinski definition) is 3. The van der Waals surface area contributed by atoms with Gasteiger partial charge in [-0.1, -0.05) is 11.6 Å². The van der Waals surface area contributed by atoms with Crippen molar-refractivity contribution in [1.29, 1.82) is 0 Å². The molecule has 0 saturated carbocycles. The number of piperazine rings is 1. The Balaban J connectivity index is 1.60. The van der Waals surface area contributed by atoms with Crippen molar-refractivity contribution < 1.29 is 13.9 Å². The Morgan fingerprint density at radius 3 is 2.46 bits per heavy atom. The molecule has 0 aliphatic carbocycles. The monoisotopic (exact) mass is 374 g/mol. The average molecular weight is 375 g/mol. The van der Waals surface area contributed by atoms with Gasteiger partial charge < -0.3 is 14.5 Å². The number of amides is 1. The Morgan fingerprint density at radius 1 is 1.12 bits per heavy atom. The van der Waals surface area contributed by atoms with Gasteiger partial charge >= 0.3 is 0 Å². The molecule has 1 aliphatic heterocycles. The third kappa shape index (κ3) is 4.35. The SMILES string of the molecule is COc1ccc(Cl)cc1/C=C/C(=O)N1CCN(c2ccc(F)cc2)CC1. The van der Waals surface area contributed by atoms with Crippen LogP contribution in [-0.2, 0) is 4.79 Å². The minimum atomic E-state index is -0.246. The second-order valence-electron chi connectivity index (χ2n) is 6.01. The van der Waals surface area contributed by atoms with Crippen LogP contribution in [0.15, 0.2) is 48.5 Å². The van der Waals surface area contributed by atoms with E-state index in [1.165, 1.54) is 12.1 Å². The van der Waals surface area contributed by atoms with E-state index in [1.807, 2.05) is 0 Å². The Morgan fingerprint density at radius 2 is 1.81 bits per heavy atom. The first-order valence-electron chi connectivity index (χ1n) is 8.38. The molecule has 0 spiro atoms. The zero-order chi connectivity index (χ0) is 18.5. The molecule has 1 aliphatic rings. The number of nitrogens with zero attached hydrogens (tertiary/aromatic N) is 2. The van der Waals surface area contributed by atoms with Crippen molar-refractivity contribution in [1.82, 2.24) is 4.90 Å². The third-order valence-electron chi connectivity index (χ3n) is 4.38. The Bertz CT molecular complexity index is 800. The number of anilines is 1. The third-order valence-corrected chi connectivity index (χ3v) is 4.62. The summed E-state index contributed by atoms with van der Waals surface area (Å²) in [4.78, 5) is 16.4. The average Bonchev–Trinajstić information content (AvgIpc) is 2.67. The smallest absolute Gasteiger partial charge is 0.246 e. The maximum absolute atomic E-state index is 13.0. The van der Waals surface area contributed by atoms with E-state index in [-0.39, 0.29) is 11.7 Å². The summed E-state index contributed by atoms with van der Waals surface area (Å²) in [5, 5.41) is 0.589. The second-order valence-corrected chi connectivity index (χ2v) is 6.44. The molecule has 1 fully saturated rings. The first-order chi connectivity index (χ1) is 12.6. The van der Waals surface area contributed by atoms with E-state index in [1.54, 1.807) is 54.5 Å². The highest BCUT2D eigenvalue weighted by Crippen LogP contribution is 2.24. The molecule has 1 heterocycles. The number of carbonyl (C=O) groups is 1. The van der Waals surface area contributed by atoms with Gasteiger partial charge in [0, 0.05) is 48.5 Å². The van der Waals surface area contributed by atoms with Gasteiger partial charge in [-0.3, -0.25) is 4.79 Å². The van der Waals surface area contributed by atoms with Gasteiger partial charge in [-0.15, -0.1) is 0 Å². The summed E-state index contributed by atoms with van der Waals surface area (Å²) in [6.45, 7) is 2.66. The highest BCUT2D eigenvalue weighted by Gasteiger charge is 2.19. The Hall–Kier alpha value is -2.53. The predicted molar refractivity (Wildman–Crippen MR) is 102 cm³/mol. The summed E-state index contributed by atoms with van der Waals surface area (Å²) < 4.78 is 18.3. The van der Waals surface area contributed by atoms with Crippen molar-refractivity contribution in [3.63, 3.8) is 0 Å². The summed E-state index contributed by atoms with van der Waals surface area (Å²) in [6, 6.07) is 11.7. The molecule has 3 rings (SSSR count). The highest BCUT2D eigenvalue weighted by molar-refractivity contribution is 6.30. The molecule has 1 amide bonds. The lowest BCUT2D eigenvalue weighted by Crippen LogP contribution is -2.48. The molecule has 0 N–H and O–H groups in total. The van der Waals surface area contributed by atoms with Crippen LogP contribution in [0.2, 0.25) is 5.02 Å². The van der Waals surface area contributed by atoms with Gasteiger partial charge in [0.15, 0.2) is 0 Å². The summed E-state index contributed by atoms with van der Waals surface area (Å²) in [7, 11) is 1.58. The van der Waals surface area contributed by atoms with Crippen molar-refractivity contribution >= 4 is 29.3 Å². The molecule has 26 heavy (non-hydrogen) atoms. The zero-order valence-electron chi connectivity index (χ0n) is 14.5. The first kappa shape index (κ1) is 18.3. The molecule has 0 bridgehead atoms. The molecule has 0 atom stereocenters. The van der Waals surface area contributed by atoms with Crippen molar-refractivity contribution in [3.8, 4) is 5.75 Å². The fraction of sp³-hybridized carbons (Fsp3) is 0.250. The molecule has 6 heteroatoms. The van der Waals surface area contributed by atoms with Gasteiger partial charge in [0.1, 0.15) is 11.6 Å². The van der Waals surface area contributed by atoms with Crippen molar-refractivity contribution in [2.24, 2.45) is 0 Å². The summed E-state index contributed by atoms with van der Waals surface area (Å²) in [6.07, 6.45) is 3.27. The summed E-state index contributed by atoms with van der Waals surface area (Å²) >= 11 is 6.01. The minimum Gasteiger partial charge on any atom is -0.496 e. The van der Waals surface area contributed by atoms with Gasteiger partial charge in [-0.25, -0.2) is 4.39 Å². The molecule has 2 aromatic carbocycles. The Labute approximate surface area is 157 Å². The molecule has 0 radical (unpaired) electrons. The molecule has 2 aromatic rings. The van der Waals surface area contributed by atoms with E-state index < -0.39 is 0 Å². The Kier molecular flexibility index (Phi) is 5.78. The van der Waals surface area contributed by atoms with Crippen LogP contribution in [0.5, 0.6) is 5.75 Å². The van der Waals surface area contributed by atoms with Crippen LogP contribution in [0.3, 0.4) is 0 Å². The molecule has 1 saturated heterocycles. The maximum atomic E-state index is 13.0. The van der Waals surface area contributed by atoms with E-state index in [0.717, 1.165) is 11.3 Å². The van der Waals surface area contributed by atoms with Crippen molar-refractivity contribution in [2.75, 3.05) is 38.2 Å². The lowest BCUT2D eigenvalue weighted by atomic mass is 10.1. The van der Waals surface area contributed by atoms with E-state index in [4.69, 9.17) is 16.3 Å². The standard InChI is InChI=1S/C20H20ClFN2O2/c1-26-19-8-3-16(21)14-15(19)2-9-20(25)24-12-10-23(11-13-24)18-6-4-17(22)5-7-18/h2-9,14H,10-13H2,1H3/b9-2+. The van der Waals surface area contributed by atoms with Gasteiger partial charge in [0.2, 0.25) is 5.91 Å². The fourth-order valence-corrected chi connectivity index (χ4v) is 3.12. The number of methoxy groups -OCH3 is 1. The molecule has 0 aromatic heterocycles. The molecular formula is C20H20ClFN2O2. The topological polar surface area (TPSA) is 32.8 Å². The van der Waals surface area contributed by atoms with Crippen LogP contribution < -0.4 is 9.64 Å². The summed E-state index contributed by atoms with van der Waals surface area (Å²) in [5.74, 6) is 0.370. The van der Waals surface area contributed by atoms with Crippen molar-refractivity contribution in [3.05, 3.63) is 64.9 Å². The number of halogens is 2. The maximum Gasteiger partial charge on any atom is 0.246 e. The van der Waals surface area contributed by atoms with Gasteiger partial charge in [0.05, 0.1) is 7.11 Å². The van der Waals surface area contributed by atoms with Crippen LogP contribution in [-0.4, -0.2) is 44.1 Å². The van der Waals surface area contributed by atoms with E-state index in [0.29, 0.717) is 37.0 Å². The fourth-order valence-electron chi connectivity index (χ4n) is 2.94. The quantitative estimate of drug-likeness (QED) is 0.762. The number of hydrogen-bond donors (Lipinski definition) is 0. The largest absolute Gasteiger partial charge is 0.496 e. The van der Waals surface area contributed by atoms with Crippen LogP contribution in [0.25, 0.3) is 6.08 Å². The van der Waals surface area contributed by atoms with Crippen molar-refractivity contribution in [2.45, 2.75) is 0 Å². The number of benzene rings is 2. The van der Waals surface area contributed by atoms with E-state index in [2.05, 4.69) is 4.90 Å².